The fraction of sp³-hybridized carbons (Fsp3) is 0.526. The first-order chi connectivity index (χ1) is 10.7. The lowest BCUT2D eigenvalue weighted by Crippen LogP contribution is -2.34. The van der Waals surface area contributed by atoms with Crippen LogP contribution in [0.15, 0.2) is 30.6 Å². The molecule has 22 heavy (non-hydrogen) atoms. The summed E-state index contributed by atoms with van der Waals surface area (Å²) in [6.07, 6.45) is 6.59. The molecule has 0 radical (unpaired) electrons. The van der Waals surface area contributed by atoms with E-state index in [9.17, 15) is 0 Å². The molecule has 0 saturated carbocycles. The predicted molar refractivity (Wildman–Crippen MR) is 91.1 cm³/mol. The summed E-state index contributed by atoms with van der Waals surface area (Å²) >= 11 is 0. The Labute approximate surface area is 134 Å². The van der Waals surface area contributed by atoms with Crippen LogP contribution in [-0.4, -0.2) is 27.5 Å². The van der Waals surface area contributed by atoms with Gasteiger partial charge in [0.05, 0.1) is 0 Å². The Bertz CT molecular complexity index is 629. The zero-order chi connectivity index (χ0) is 15.5. The van der Waals surface area contributed by atoms with Gasteiger partial charge in [0.25, 0.3) is 0 Å². The number of hydrogen-bond donors (Lipinski definition) is 0. The average Bonchev–Trinajstić information content (AvgIpc) is 3.00. The van der Waals surface area contributed by atoms with Crippen molar-refractivity contribution < 1.29 is 0 Å². The maximum atomic E-state index is 4.61. The number of piperidine rings is 1. The minimum Gasteiger partial charge on any atom is -0.335 e. The molecule has 1 atom stereocenters. The van der Waals surface area contributed by atoms with Crippen molar-refractivity contribution >= 4 is 0 Å². The van der Waals surface area contributed by atoms with Gasteiger partial charge >= 0.3 is 0 Å². The van der Waals surface area contributed by atoms with Gasteiger partial charge in [0.1, 0.15) is 5.82 Å². The highest BCUT2D eigenvalue weighted by Gasteiger charge is 2.24. The maximum Gasteiger partial charge on any atom is 0.113 e. The van der Waals surface area contributed by atoms with Gasteiger partial charge in [0, 0.05) is 37.9 Å². The van der Waals surface area contributed by atoms with Gasteiger partial charge in [-0.05, 0) is 56.8 Å². The number of nitrogens with zero attached hydrogens (tertiary/aromatic N) is 3. The minimum absolute atomic E-state index is 0.579. The van der Waals surface area contributed by atoms with Crippen molar-refractivity contribution in [1.29, 1.82) is 0 Å². The van der Waals surface area contributed by atoms with Crippen LogP contribution < -0.4 is 0 Å². The van der Waals surface area contributed by atoms with Crippen LogP contribution in [0.1, 0.15) is 48.2 Å². The van der Waals surface area contributed by atoms with Crippen LogP contribution in [0.2, 0.25) is 0 Å². The van der Waals surface area contributed by atoms with E-state index in [0.717, 1.165) is 19.6 Å². The van der Waals surface area contributed by atoms with Crippen molar-refractivity contribution in [2.45, 2.75) is 52.6 Å². The standard InChI is InChI=1S/C19H27N3/c1-4-22-11-9-20-19(22)18-6-5-10-21(14-18)13-17-8-7-15(2)16(3)12-17/h7-9,11-12,18H,4-6,10,13-14H2,1-3H3/t18-/m0/s1. The molecular formula is C19H27N3. The molecule has 0 bridgehead atoms. The molecule has 118 valence electrons. The number of aromatic nitrogens is 2. The molecule has 0 spiro atoms. The SMILES string of the molecule is CCn1ccnc1[C@H]1CCCN(Cc2ccc(C)c(C)c2)C1. The summed E-state index contributed by atoms with van der Waals surface area (Å²) in [6, 6.07) is 6.86. The lowest BCUT2D eigenvalue weighted by atomic mass is 9.96. The highest BCUT2D eigenvalue weighted by Crippen LogP contribution is 2.27. The Kier molecular flexibility index (Phi) is 4.63. The molecule has 0 aliphatic carbocycles. The van der Waals surface area contributed by atoms with E-state index in [1.165, 1.54) is 41.9 Å². The van der Waals surface area contributed by atoms with Gasteiger partial charge in [-0.3, -0.25) is 4.90 Å². The zero-order valence-electron chi connectivity index (χ0n) is 14.0. The van der Waals surface area contributed by atoms with E-state index in [1.54, 1.807) is 0 Å². The van der Waals surface area contributed by atoms with E-state index in [2.05, 4.69) is 59.6 Å². The van der Waals surface area contributed by atoms with Crippen molar-refractivity contribution in [2.24, 2.45) is 0 Å². The van der Waals surface area contributed by atoms with Gasteiger partial charge in [-0.25, -0.2) is 4.98 Å². The van der Waals surface area contributed by atoms with Gasteiger partial charge in [0.2, 0.25) is 0 Å². The first kappa shape index (κ1) is 15.3. The summed E-state index contributed by atoms with van der Waals surface area (Å²) in [7, 11) is 0. The number of likely N-dealkylation sites (tertiary alicyclic amines) is 1. The third-order valence-electron chi connectivity index (χ3n) is 4.94. The van der Waals surface area contributed by atoms with Gasteiger partial charge in [-0.1, -0.05) is 18.2 Å². The number of imidazole rings is 1. The van der Waals surface area contributed by atoms with Gasteiger partial charge in [-0.15, -0.1) is 0 Å². The van der Waals surface area contributed by atoms with Crippen molar-refractivity contribution in [2.75, 3.05) is 13.1 Å². The second kappa shape index (κ2) is 6.66. The molecule has 1 aliphatic rings. The van der Waals surface area contributed by atoms with E-state index in [4.69, 9.17) is 0 Å². The van der Waals surface area contributed by atoms with Crippen LogP contribution in [0.3, 0.4) is 0 Å². The molecule has 1 fully saturated rings. The fourth-order valence-corrected chi connectivity index (χ4v) is 3.52. The fourth-order valence-electron chi connectivity index (χ4n) is 3.52. The second-order valence-corrected chi connectivity index (χ2v) is 6.56. The summed E-state index contributed by atoms with van der Waals surface area (Å²) in [5, 5.41) is 0. The Morgan fingerprint density at radius 1 is 1.23 bits per heavy atom. The first-order valence-electron chi connectivity index (χ1n) is 8.47. The molecule has 3 nitrogen and oxygen atoms in total. The number of aryl methyl sites for hydroxylation is 3. The van der Waals surface area contributed by atoms with Crippen LogP contribution in [0.5, 0.6) is 0 Å². The normalized spacial score (nSPS) is 19.5. The van der Waals surface area contributed by atoms with Crippen LogP contribution in [0, 0.1) is 13.8 Å². The maximum absolute atomic E-state index is 4.61. The minimum atomic E-state index is 0.579. The molecule has 0 amide bonds. The lowest BCUT2D eigenvalue weighted by Gasteiger charge is -2.32. The topological polar surface area (TPSA) is 21.1 Å². The quantitative estimate of drug-likeness (QED) is 0.853. The largest absolute Gasteiger partial charge is 0.335 e. The summed E-state index contributed by atoms with van der Waals surface area (Å²) in [5.41, 5.74) is 4.21. The van der Waals surface area contributed by atoms with Gasteiger partial charge in [0.15, 0.2) is 0 Å². The molecule has 2 aromatic rings. The highest BCUT2D eigenvalue weighted by atomic mass is 15.1. The predicted octanol–water partition coefficient (Wildman–Crippen LogP) is 3.90. The van der Waals surface area contributed by atoms with Crippen molar-refractivity contribution in [3.8, 4) is 0 Å². The van der Waals surface area contributed by atoms with Crippen molar-refractivity contribution in [3.05, 3.63) is 53.1 Å². The highest BCUT2D eigenvalue weighted by molar-refractivity contribution is 5.29. The third-order valence-corrected chi connectivity index (χ3v) is 4.94. The second-order valence-electron chi connectivity index (χ2n) is 6.56. The number of rotatable bonds is 4. The van der Waals surface area contributed by atoms with E-state index in [0.29, 0.717) is 5.92 Å². The molecule has 0 unspecified atom stereocenters. The van der Waals surface area contributed by atoms with Crippen LogP contribution in [0.25, 0.3) is 0 Å². The van der Waals surface area contributed by atoms with Crippen molar-refractivity contribution in [3.63, 3.8) is 0 Å². The zero-order valence-corrected chi connectivity index (χ0v) is 14.0. The molecule has 2 heterocycles. The monoisotopic (exact) mass is 297 g/mol. The first-order valence-corrected chi connectivity index (χ1v) is 8.47. The molecule has 3 heteroatoms. The van der Waals surface area contributed by atoms with E-state index in [-0.39, 0.29) is 0 Å². The molecule has 1 saturated heterocycles. The molecule has 1 aromatic carbocycles. The van der Waals surface area contributed by atoms with E-state index >= 15 is 0 Å². The lowest BCUT2D eigenvalue weighted by molar-refractivity contribution is 0.194. The van der Waals surface area contributed by atoms with E-state index in [1.807, 2.05) is 6.20 Å². The van der Waals surface area contributed by atoms with E-state index < -0.39 is 0 Å². The summed E-state index contributed by atoms with van der Waals surface area (Å²) in [6.45, 7) is 11.0. The Balaban J connectivity index is 1.69. The number of hydrogen-bond acceptors (Lipinski definition) is 2. The third kappa shape index (κ3) is 3.25. The molecule has 1 aliphatic heterocycles. The molecule has 1 aromatic heterocycles. The smallest absolute Gasteiger partial charge is 0.113 e. The summed E-state index contributed by atoms with van der Waals surface area (Å²) in [4.78, 5) is 7.20. The van der Waals surface area contributed by atoms with Crippen LogP contribution in [0.4, 0.5) is 0 Å². The van der Waals surface area contributed by atoms with Gasteiger partial charge < -0.3 is 4.57 Å². The Morgan fingerprint density at radius 3 is 2.86 bits per heavy atom. The summed E-state index contributed by atoms with van der Waals surface area (Å²) in [5.74, 6) is 1.85. The van der Waals surface area contributed by atoms with Gasteiger partial charge in [-0.2, -0.15) is 0 Å². The van der Waals surface area contributed by atoms with Crippen molar-refractivity contribution in [1.82, 2.24) is 14.5 Å². The Hall–Kier alpha value is -1.61. The van der Waals surface area contributed by atoms with Crippen LogP contribution in [-0.2, 0) is 13.1 Å². The molecular weight excluding hydrogens is 270 g/mol. The molecule has 3 rings (SSSR count). The Morgan fingerprint density at radius 2 is 2.09 bits per heavy atom. The van der Waals surface area contributed by atoms with Crippen LogP contribution >= 0.6 is 0 Å². The summed E-state index contributed by atoms with van der Waals surface area (Å²) < 4.78 is 2.30. The molecule has 0 N–H and O–H groups in total. The average molecular weight is 297 g/mol. The number of benzene rings is 1.